The molecule has 0 aliphatic carbocycles. The lowest BCUT2D eigenvalue weighted by atomic mass is 10.0. The fourth-order valence-corrected chi connectivity index (χ4v) is 2.73. The van der Waals surface area contributed by atoms with Crippen LogP contribution >= 0.6 is 0 Å². The summed E-state index contributed by atoms with van der Waals surface area (Å²) in [6.07, 6.45) is 1.74. The molecule has 0 radical (unpaired) electrons. The molecule has 0 bridgehead atoms. The minimum atomic E-state index is -0.325. The predicted octanol–water partition coefficient (Wildman–Crippen LogP) is 3.43. The van der Waals surface area contributed by atoms with Gasteiger partial charge in [-0.25, -0.2) is 4.39 Å². The van der Waals surface area contributed by atoms with Crippen LogP contribution in [0, 0.1) is 5.82 Å². The van der Waals surface area contributed by atoms with E-state index < -0.39 is 0 Å². The number of carbonyl (C=O) groups excluding carboxylic acids is 1. The molecule has 4 heteroatoms. The van der Waals surface area contributed by atoms with Crippen LogP contribution in [0.15, 0.2) is 42.5 Å². The molecule has 0 aromatic heterocycles. The average molecular weight is 285 g/mol. The van der Waals surface area contributed by atoms with Gasteiger partial charge in [-0.1, -0.05) is 18.2 Å². The van der Waals surface area contributed by atoms with Crippen molar-refractivity contribution in [3.05, 3.63) is 59.4 Å². The van der Waals surface area contributed by atoms with Crippen LogP contribution < -0.4 is 9.64 Å². The second-order valence-corrected chi connectivity index (χ2v) is 5.03. The third kappa shape index (κ3) is 2.49. The Balaban J connectivity index is 2.02. The number of nitrogens with zero attached hydrogens (tertiary/aromatic N) is 1. The molecule has 3 rings (SSSR count). The molecular formula is C17H16FNO2. The average Bonchev–Trinajstić information content (AvgIpc) is 2.53. The minimum absolute atomic E-state index is 0.154. The topological polar surface area (TPSA) is 29.5 Å². The van der Waals surface area contributed by atoms with Gasteiger partial charge >= 0.3 is 0 Å². The van der Waals surface area contributed by atoms with Gasteiger partial charge in [0.15, 0.2) is 0 Å². The molecule has 1 amide bonds. The van der Waals surface area contributed by atoms with Gasteiger partial charge < -0.3 is 9.64 Å². The Morgan fingerprint density at radius 2 is 2.05 bits per heavy atom. The van der Waals surface area contributed by atoms with Crippen molar-refractivity contribution in [3.8, 4) is 5.75 Å². The van der Waals surface area contributed by atoms with E-state index in [0.717, 1.165) is 18.4 Å². The molecule has 1 aliphatic rings. The van der Waals surface area contributed by atoms with Crippen LogP contribution in [0.1, 0.15) is 22.3 Å². The number of aryl methyl sites for hydroxylation is 1. The zero-order valence-corrected chi connectivity index (χ0v) is 11.8. The summed E-state index contributed by atoms with van der Waals surface area (Å²) in [5.74, 6) is 0.0542. The highest BCUT2D eigenvalue weighted by atomic mass is 19.1. The summed E-state index contributed by atoms with van der Waals surface area (Å²) in [6.45, 7) is 0.591. The lowest BCUT2D eigenvalue weighted by Crippen LogP contribution is -2.35. The molecule has 1 aliphatic heterocycles. The smallest absolute Gasteiger partial charge is 0.262 e. The number of hydrogen-bond donors (Lipinski definition) is 0. The van der Waals surface area contributed by atoms with Crippen LogP contribution in [0.3, 0.4) is 0 Å². The molecule has 0 unspecified atom stereocenters. The van der Waals surface area contributed by atoms with Crippen LogP contribution in [-0.2, 0) is 6.42 Å². The summed E-state index contributed by atoms with van der Waals surface area (Å²) >= 11 is 0. The standard InChI is InChI=1S/C17H16FNO2/c1-21-16-7-3-2-6-14(16)17(20)19-10-4-5-12-8-9-13(18)11-15(12)19/h2-3,6-9,11H,4-5,10H2,1H3. The molecule has 2 aromatic carbocycles. The zero-order chi connectivity index (χ0) is 14.8. The third-order valence-corrected chi connectivity index (χ3v) is 3.75. The second kappa shape index (κ2) is 5.56. The van der Waals surface area contributed by atoms with E-state index in [2.05, 4.69) is 0 Å². The van der Waals surface area contributed by atoms with Crippen LogP contribution in [0.25, 0.3) is 0 Å². The maximum atomic E-state index is 13.5. The molecule has 0 atom stereocenters. The maximum Gasteiger partial charge on any atom is 0.262 e. The summed E-state index contributed by atoms with van der Waals surface area (Å²) in [4.78, 5) is 14.4. The molecule has 0 spiro atoms. The van der Waals surface area contributed by atoms with Gasteiger partial charge in [0.05, 0.1) is 18.4 Å². The number of carbonyl (C=O) groups is 1. The largest absolute Gasteiger partial charge is 0.496 e. The van der Waals surface area contributed by atoms with Crippen molar-refractivity contribution >= 4 is 11.6 Å². The number of benzene rings is 2. The number of hydrogen-bond acceptors (Lipinski definition) is 2. The molecular weight excluding hydrogens is 269 g/mol. The monoisotopic (exact) mass is 285 g/mol. The molecule has 2 aromatic rings. The zero-order valence-electron chi connectivity index (χ0n) is 11.8. The summed E-state index contributed by atoms with van der Waals surface area (Å²) in [7, 11) is 1.54. The van der Waals surface area contributed by atoms with E-state index >= 15 is 0 Å². The number of para-hydroxylation sites is 1. The molecule has 1 heterocycles. The number of rotatable bonds is 2. The summed E-state index contributed by atoms with van der Waals surface area (Å²) in [5, 5.41) is 0. The minimum Gasteiger partial charge on any atom is -0.496 e. The summed E-state index contributed by atoms with van der Waals surface area (Å²) in [6, 6.07) is 11.7. The summed E-state index contributed by atoms with van der Waals surface area (Å²) < 4.78 is 18.8. The van der Waals surface area contributed by atoms with E-state index in [0.29, 0.717) is 23.5 Å². The fraction of sp³-hybridized carbons (Fsp3) is 0.235. The quantitative estimate of drug-likeness (QED) is 0.846. The van der Waals surface area contributed by atoms with Crippen LogP contribution in [0.4, 0.5) is 10.1 Å². The molecule has 21 heavy (non-hydrogen) atoms. The molecule has 0 fully saturated rings. The van der Waals surface area contributed by atoms with Crippen molar-refractivity contribution in [3.63, 3.8) is 0 Å². The summed E-state index contributed by atoms with van der Waals surface area (Å²) in [5.41, 5.74) is 2.17. The Morgan fingerprint density at radius 3 is 2.86 bits per heavy atom. The first-order chi connectivity index (χ1) is 10.2. The van der Waals surface area contributed by atoms with Crippen molar-refractivity contribution in [1.82, 2.24) is 0 Å². The van der Waals surface area contributed by atoms with Crippen molar-refractivity contribution in [2.45, 2.75) is 12.8 Å². The molecule has 3 nitrogen and oxygen atoms in total. The first-order valence-corrected chi connectivity index (χ1v) is 6.94. The second-order valence-electron chi connectivity index (χ2n) is 5.03. The molecule has 108 valence electrons. The highest BCUT2D eigenvalue weighted by Gasteiger charge is 2.25. The van der Waals surface area contributed by atoms with Gasteiger partial charge in [0.25, 0.3) is 5.91 Å². The number of methoxy groups -OCH3 is 1. The van der Waals surface area contributed by atoms with Crippen LogP contribution in [-0.4, -0.2) is 19.6 Å². The Bertz CT molecular complexity index is 684. The van der Waals surface area contributed by atoms with Gasteiger partial charge in [0.1, 0.15) is 11.6 Å². The van der Waals surface area contributed by atoms with Crippen LogP contribution in [0.5, 0.6) is 5.75 Å². The van der Waals surface area contributed by atoms with Gasteiger partial charge in [-0.3, -0.25) is 4.79 Å². The van der Waals surface area contributed by atoms with Gasteiger partial charge in [0, 0.05) is 6.54 Å². The molecule has 0 saturated carbocycles. The van der Waals surface area contributed by atoms with Crippen LogP contribution in [0.2, 0.25) is 0 Å². The van der Waals surface area contributed by atoms with Gasteiger partial charge in [0.2, 0.25) is 0 Å². The lowest BCUT2D eigenvalue weighted by Gasteiger charge is -2.30. The number of amides is 1. The van der Waals surface area contributed by atoms with E-state index in [-0.39, 0.29) is 11.7 Å². The van der Waals surface area contributed by atoms with Gasteiger partial charge in [-0.2, -0.15) is 0 Å². The molecule has 0 N–H and O–H groups in total. The predicted molar refractivity (Wildman–Crippen MR) is 79.4 cm³/mol. The molecule has 0 saturated heterocycles. The van der Waals surface area contributed by atoms with Gasteiger partial charge in [-0.05, 0) is 42.7 Å². The Morgan fingerprint density at radius 1 is 1.24 bits per heavy atom. The highest BCUT2D eigenvalue weighted by molar-refractivity contribution is 6.08. The number of halogens is 1. The van der Waals surface area contributed by atoms with E-state index in [4.69, 9.17) is 4.74 Å². The maximum absolute atomic E-state index is 13.5. The Hall–Kier alpha value is -2.36. The van der Waals surface area contributed by atoms with E-state index in [1.165, 1.54) is 19.2 Å². The number of anilines is 1. The lowest BCUT2D eigenvalue weighted by molar-refractivity contribution is 0.0982. The van der Waals surface area contributed by atoms with E-state index in [1.807, 2.05) is 6.07 Å². The number of ether oxygens (including phenoxy) is 1. The highest BCUT2D eigenvalue weighted by Crippen LogP contribution is 2.30. The van der Waals surface area contributed by atoms with Gasteiger partial charge in [-0.15, -0.1) is 0 Å². The first kappa shape index (κ1) is 13.6. The van der Waals surface area contributed by atoms with E-state index in [1.54, 1.807) is 29.2 Å². The Kier molecular flexibility index (Phi) is 3.60. The number of fused-ring (bicyclic) bond motifs is 1. The van der Waals surface area contributed by atoms with Crippen molar-refractivity contribution in [2.24, 2.45) is 0 Å². The Labute approximate surface area is 123 Å². The third-order valence-electron chi connectivity index (χ3n) is 3.75. The first-order valence-electron chi connectivity index (χ1n) is 6.94. The van der Waals surface area contributed by atoms with Crippen molar-refractivity contribution in [2.75, 3.05) is 18.6 Å². The fourth-order valence-electron chi connectivity index (χ4n) is 2.73. The van der Waals surface area contributed by atoms with Crippen molar-refractivity contribution in [1.29, 1.82) is 0 Å². The van der Waals surface area contributed by atoms with Crippen molar-refractivity contribution < 1.29 is 13.9 Å². The normalized spacial score (nSPS) is 13.7. The van der Waals surface area contributed by atoms with E-state index in [9.17, 15) is 9.18 Å². The SMILES string of the molecule is COc1ccccc1C(=O)N1CCCc2ccc(F)cc21.